The fourth-order valence-corrected chi connectivity index (χ4v) is 3.39. The maximum Gasteiger partial charge on any atom is 0.245 e. The Balaban J connectivity index is 3.24. The topological polar surface area (TPSA) is 49.4 Å². The van der Waals surface area contributed by atoms with Crippen LogP contribution in [0, 0.1) is 17.6 Å². The Labute approximate surface area is 125 Å². The van der Waals surface area contributed by atoms with Crippen molar-refractivity contribution in [1.29, 1.82) is 0 Å². The lowest BCUT2D eigenvalue weighted by molar-refractivity contribution is 0.412. The monoisotopic (exact) mass is 320 g/mol. The molecule has 0 aromatic heterocycles. The second-order valence-electron chi connectivity index (χ2n) is 5.30. The van der Waals surface area contributed by atoms with Crippen molar-refractivity contribution in [2.24, 2.45) is 5.92 Å². The van der Waals surface area contributed by atoms with Crippen molar-refractivity contribution in [3.63, 3.8) is 0 Å². The molecule has 0 amide bonds. The molecule has 0 aliphatic carbocycles. The maximum absolute atomic E-state index is 14.4. The van der Waals surface area contributed by atoms with E-state index in [1.54, 1.807) is 6.92 Å². The van der Waals surface area contributed by atoms with E-state index >= 15 is 0 Å². The van der Waals surface area contributed by atoms with Crippen LogP contribution in [0.5, 0.6) is 0 Å². The zero-order valence-electron chi connectivity index (χ0n) is 12.8. The molecular weight excluding hydrogens is 298 g/mol. The fraction of sp³-hybridized carbons (Fsp3) is 0.571. The van der Waals surface area contributed by atoms with Crippen LogP contribution in [0.3, 0.4) is 0 Å². The highest BCUT2D eigenvalue weighted by molar-refractivity contribution is 7.89. The molecule has 1 aromatic carbocycles. The van der Waals surface area contributed by atoms with Gasteiger partial charge in [-0.1, -0.05) is 20.8 Å². The summed E-state index contributed by atoms with van der Waals surface area (Å²) in [5, 5.41) is 2.80. The van der Waals surface area contributed by atoms with Crippen LogP contribution in [0.4, 0.5) is 8.78 Å². The summed E-state index contributed by atoms with van der Waals surface area (Å²) in [7, 11) is -2.57. The number of benzene rings is 1. The van der Waals surface area contributed by atoms with Gasteiger partial charge in [0.1, 0.15) is 10.7 Å². The van der Waals surface area contributed by atoms with E-state index in [4.69, 9.17) is 0 Å². The largest absolute Gasteiger partial charge is 0.313 e. The highest BCUT2D eigenvalue weighted by Gasteiger charge is 2.27. The van der Waals surface area contributed by atoms with E-state index < -0.39 is 26.6 Å². The number of hydrogen-bond donors (Lipinski definition) is 1. The number of rotatable bonds is 7. The molecule has 1 aromatic rings. The first-order chi connectivity index (χ1) is 9.71. The Morgan fingerprint density at radius 3 is 2.43 bits per heavy atom. The smallest absolute Gasteiger partial charge is 0.245 e. The van der Waals surface area contributed by atoms with Gasteiger partial charge >= 0.3 is 0 Å². The van der Waals surface area contributed by atoms with Crippen molar-refractivity contribution in [2.75, 3.05) is 20.1 Å². The lowest BCUT2D eigenvalue weighted by atomic mass is 10.2. The summed E-state index contributed by atoms with van der Waals surface area (Å²) >= 11 is 0. The minimum atomic E-state index is -3.97. The molecule has 0 atom stereocenters. The molecule has 0 saturated heterocycles. The molecule has 0 aliphatic rings. The van der Waals surface area contributed by atoms with Crippen LogP contribution in [-0.4, -0.2) is 32.9 Å². The maximum atomic E-state index is 14.4. The zero-order chi connectivity index (χ0) is 16.2. The van der Waals surface area contributed by atoms with Crippen LogP contribution < -0.4 is 5.32 Å². The van der Waals surface area contributed by atoms with Gasteiger partial charge in [0, 0.05) is 25.7 Å². The molecule has 0 heterocycles. The molecule has 0 saturated carbocycles. The van der Waals surface area contributed by atoms with Gasteiger partial charge in [-0.15, -0.1) is 0 Å². The molecule has 0 bridgehead atoms. The van der Waals surface area contributed by atoms with E-state index in [0.29, 0.717) is 6.54 Å². The van der Waals surface area contributed by atoms with Gasteiger partial charge in [0.05, 0.1) is 0 Å². The molecule has 1 rings (SSSR count). The lowest BCUT2D eigenvalue weighted by Gasteiger charge is -2.20. The second-order valence-corrected chi connectivity index (χ2v) is 7.31. The summed E-state index contributed by atoms with van der Waals surface area (Å²) in [6.45, 7) is 6.27. The Kier molecular flexibility index (Phi) is 6.24. The van der Waals surface area contributed by atoms with E-state index in [0.717, 1.165) is 16.4 Å². The molecule has 1 N–H and O–H groups in total. The molecule has 0 aliphatic heterocycles. The first-order valence-electron chi connectivity index (χ1n) is 6.85. The summed E-state index contributed by atoms with van der Waals surface area (Å²) in [4.78, 5) is -0.486. The molecule has 0 fully saturated rings. The van der Waals surface area contributed by atoms with E-state index in [-0.39, 0.29) is 24.6 Å². The van der Waals surface area contributed by atoms with E-state index in [2.05, 4.69) is 5.32 Å². The molecular formula is C14H22F2N2O2S. The van der Waals surface area contributed by atoms with Crippen molar-refractivity contribution in [3.8, 4) is 0 Å². The zero-order valence-corrected chi connectivity index (χ0v) is 13.6. The second kappa shape index (κ2) is 7.29. The van der Waals surface area contributed by atoms with Crippen molar-refractivity contribution < 1.29 is 17.2 Å². The van der Waals surface area contributed by atoms with Gasteiger partial charge < -0.3 is 5.32 Å². The lowest BCUT2D eigenvalue weighted by Crippen LogP contribution is -2.31. The Hall–Kier alpha value is -1.05. The van der Waals surface area contributed by atoms with Crippen LogP contribution in [0.15, 0.2) is 17.0 Å². The first kappa shape index (κ1) is 18.0. The SMILES string of the molecule is CCNCc1c(F)ccc(S(=O)(=O)N(C)CC(C)C)c1F. The number of nitrogens with one attached hydrogen (secondary N) is 1. The molecule has 0 radical (unpaired) electrons. The standard InChI is InChI=1S/C14H22F2N2O2S/c1-5-17-8-11-12(15)6-7-13(14(11)16)21(19,20)18(4)9-10(2)3/h6-7,10,17H,5,8-9H2,1-4H3. The number of halogens is 2. The van der Waals surface area contributed by atoms with E-state index in [1.807, 2.05) is 13.8 Å². The highest BCUT2D eigenvalue weighted by Crippen LogP contribution is 2.24. The molecule has 7 heteroatoms. The van der Waals surface area contributed by atoms with Gasteiger partial charge in [0.2, 0.25) is 10.0 Å². The highest BCUT2D eigenvalue weighted by atomic mass is 32.2. The third-order valence-corrected chi connectivity index (χ3v) is 4.85. The minimum Gasteiger partial charge on any atom is -0.313 e. The number of sulfonamides is 1. The molecule has 4 nitrogen and oxygen atoms in total. The van der Waals surface area contributed by atoms with Gasteiger partial charge in [-0.2, -0.15) is 0 Å². The van der Waals surface area contributed by atoms with Crippen molar-refractivity contribution >= 4 is 10.0 Å². The van der Waals surface area contributed by atoms with Gasteiger partial charge in [-0.3, -0.25) is 0 Å². The van der Waals surface area contributed by atoms with Crippen molar-refractivity contribution in [3.05, 3.63) is 29.3 Å². The summed E-state index contributed by atoms with van der Waals surface area (Å²) in [5.41, 5.74) is -0.254. The van der Waals surface area contributed by atoms with Crippen molar-refractivity contribution in [1.82, 2.24) is 9.62 Å². The predicted molar refractivity (Wildman–Crippen MR) is 78.4 cm³/mol. The number of nitrogens with zero attached hydrogens (tertiary/aromatic N) is 1. The summed E-state index contributed by atoms with van der Waals surface area (Å²) in [6.07, 6.45) is 0. The first-order valence-corrected chi connectivity index (χ1v) is 8.29. The Bertz CT molecular complexity index is 589. The normalized spacial score (nSPS) is 12.4. The van der Waals surface area contributed by atoms with Crippen molar-refractivity contribution in [2.45, 2.75) is 32.2 Å². The summed E-state index contributed by atoms with van der Waals surface area (Å²) in [6, 6.07) is 1.97. The molecule has 0 unspecified atom stereocenters. The summed E-state index contributed by atoms with van der Waals surface area (Å²) in [5.74, 6) is -1.67. The third-order valence-electron chi connectivity index (χ3n) is 3.01. The Morgan fingerprint density at radius 2 is 1.90 bits per heavy atom. The average Bonchev–Trinajstić information content (AvgIpc) is 2.37. The van der Waals surface area contributed by atoms with Gasteiger partial charge in [-0.25, -0.2) is 21.5 Å². The van der Waals surface area contributed by atoms with Gasteiger partial charge in [-0.05, 0) is 24.6 Å². The quantitative estimate of drug-likeness (QED) is 0.839. The summed E-state index contributed by atoms with van der Waals surface area (Å²) < 4.78 is 53.9. The van der Waals surface area contributed by atoms with Crippen LogP contribution in [0.1, 0.15) is 26.3 Å². The molecule has 21 heavy (non-hydrogen) atoms. The van der Waals surface area contributed by atoms with E-state index in [1.165, 1.54) is 7.05 Å². The molecule has 0 spiro atoms. The number of hydrogen-bond acceptors (Lipinski definition) is 3. The van der Waals surface area contributed by atoms with Crippen LogP contribution in [-0.2, 0) is 16.6 Å². The average molecular weight is 320 g/mol. The Morgan fingerprint density at radius 1 is 1.29 bits per heavy atom. The predicted octanol–water partition coefficient (Wildman–Crippen LogP) is 2.35. The van der Waals surface area contributed by atoms with Crippen LogP contribution in [0.25, 0.3) is 0 Å². The van der Waals surface area contributed by atoms with Crippen LogP contribution in [0.2, 0.25) is 0 Å². The van der Waals surface area contributed by atoms with Crippen LogP contribution >= 0.6 is 0 Å². The minimum absolute atomic E-state index is 0.0502. The third kappa shape index (κ3) is 4.21. The molecule has 120 valence electrons. The van der Waals surface area contributed by atoms with E-state index in [9.17, 15) is 17.2 Å². The van der Waals surface area contributed by atoms with Gasteiger partial charge in [0.15, 0.2) is 5.82 Å². The fourth-order valence-electron chi connectivity index (χ4n) is 1.97. The van der Waals surface area contributed by atoms with Gasteiger partial charge in [0.25, 0.3) is 0 Å².